The van der Waals surface area contributed by atoms with Gasteiger partial charge in [0.15, 0.2) is 0 Å². The van der Waals surface area contributed by atoms with Crippen molar-refractivity contribution >= 4 is 6.03 Å². The highest BCUT2D eigenvalue weighted by molar-refractivity contribution is 5.75. The minimum atomic E-state index is -0.170. The number of ether oxygens (including phenoxy) is 1. The van der Waals surface area contributed by atoms with E-state index in [0.717, 1.165) is 24.2 Å². The van der Waals surface area contributed by atoms with Crippen LogP contribution in [0.1, 0.15) is 32.3 Å². The molecule has 0 unspecified atom stereocenters. The number of amides is 2. The van der Waals surface area contributed by atoms with Crippen LogP contribution in [0.5, 0.6) is 5.75 Å². The largest absolute Gasteiger partial charge is 0.497 e. The van der Waals surface area contributed by atoms with Crippen LogP contribution < -0.4 is 10.1 Å². The standard InChI is InChI=1S/C17H26N2O3/c1-17(2,13-4-8-15(22-3)9-5-13)12-18-16(21)19(10-11-20)14-6-7-14/h4-5,8-9,14,20H,6-7,10-12H2,1-3H3,(H,18,21). The summed E-state index contributed by atoms with van der Waals surface area (Å²) in [5.74, 6) is 0.825. The molecule has 1 fully saturated rings. The van der Waals surface area contributed by atoms with Gasteiger partial charge in [-0.2, -0.15) is 0 Å². The Bertz CT molecular complexity index is 495. The van der Waals surface area contributed by atoms with Crippen molar-refractivity contribution < 1.29 is 14.6 Å². The second kappa shape index (κ2) is 7.01. The summed E-state index contributed by atoms with van der Waals surface area (Å²) in [7, 11) is 1.65. The van der Waals surface area contributed by atoms with Gasteiger partial charge in [0.25, 0.3) is 0 Å². The highest BCUT2D eigenvalue weighted by atomic mass is 16.5. The number of nitrogens with zero attached hydrogens (tertiary/aromatic N) is 1. The van der Waals surface area contributed by atoms with Crippen molar-refractivity contribution in [3.05, 3.63) is 29.8 Å². The van der Waals surface area contributed by atoms with Crippen molar-refractivity contribution in [3.8, 4) is 5.75 Å². The van der Waals surface area contributed by atoms with Crippen molar-refractivity contribution in [3.63, 3.8) is 0 Å². The first-order chi connectivity index (χ1) is 10.5. The quantitative estimate of drug-likeness (QED) is 0.811. The maximum atomic E-state index is 12.3. The Labute approximate surface area is 132 Å². The molecule has 0 aliphatic heterocycles. The van der Waals surface area contributed by atoms with Gasteiger partial charge in [-0.25, -0.2) is 4.79 Å². The first-order valence-electron chi connectivity index (χ1n) is 7.78. The lowest BCUT2D eigenvalue weighted by molar-refractivity contribution is 0.172. The minimum Gasteiger partial charge on any atom is -0.497 e. The van der Waals surface area contributed by atoms with Crippen LogP contribution in [-0.4, -0.2) is 48.9 Å². The van der Waals surface area contributed by atoms with Gasteiger partial charge in [0.1, 0.15) is 5.75 Å². The molecule has 0 spiro atoms. The smallest absolute Gasteiger partial charge is 0.317 e. The average molecular weight is 306 g/mol. The number of rotatable bonds is 7. The fourth-order valence-electron chi connectivity index (χ4n) is 2.49. The number of hydrogen-bond acceptors (Lipinski definition) is 3. The molecule has 2 amide bonds. The number of aliphatic hydroxyl groups excluding tert-OH is 1. The highest BCUT2D eigenvalue weighted by Crippen LogP contribution is 2.27. The molecule has 5 nitrogen and oxygen atoms in total. The van der Waals surface area contributed by atoms with Crippen molar-refractivity contribution in [2.75, 3.05) is 26.8 Å². The first kappa shape index (κ1) is 16.6. The van der Waals surface area contributed by atoms with Gasteiger partial charge in [0.05, 0.1) is 13.7 Å². The number of carbonyl (C=O) groups excluding carboxylic acids is 1. The molecule has 0 aromatic heterocycles. The van der Waals surface area contributed by atoms with E-state index in [4.69, 9.17) is 9.84 Å². The Morgan fingerprint density at radius 2 is 2.00 bits per heavy atom. The number of hydrogen-bond donors (Lipinski definition) is 2. The zero-order chi connectivity index (χ0) is 16.2. The topological polar surface area (TPSA) is 61.8 Å². The third-order valence-corrected chi connectivity index (χ3v) is 4.14. The second-order valence-electron chi connectivity index (χ2n) is 6.42. The summed E-state index contributed by atoms with van der Waals surface area (Å²) in [4.78, 5) is 14.0. The van der Waals surface area contributed by atoms with E-state index in [1.807, 2.05) is 24.3 Å². The van der Waals surface area contributed by atoms with Gasteiger partial charge in [-0.05, 0) is 30.5 Å². The second-order valence-corrected chi connectivity index (χ2v) is 6.42. The summed E-state index contributed by atoms with van der Waals surface area (Å²) in [6.45, 7) is 5.16. The van der Waals surface area contributed by atoms with Crippen LogP contribution in [0.15, 0.2) is 24.3 Å². The van der Waals surface area contributed by atoms with Crippen LogP contribution in [-0.2, 0) is 5.41 Å². The molecule has 0 heterocycles. The Morgan fingerprint density at radius 3 is 2.50 bits per heavy atom. The van der Waals surface area contributed by atoms with Crippen molar-refractivity contribution in [1.82, 2.24) is 10.2 Å². The van der Waals surface area contributed by atoms with E-state index in [2.05, 4.69) is 19.2 Å². The molecule has 5 heteroatoms. The van der Waals surface area contributed by atoms with Crippen LogP contribution in [0.2, 0.25) is 0 Å². The Morgan fingerprint density at radius 1 is 1.36 bits per heavy atom. The predicted molar refractivity (Wildman–Crippen MR) is 86.2 cm³/mol. The molecule has 122 valence electrons. The van der Waals surface area contributed by atoms with Gasteiger partial charge < -0.3 is 20.1 Å². The number of methoxy groups -OCH3 is 1. The Balaban J connectivity index is 1.94. The van der Waals surface area contributed by atoms with Crippen LogP contribution in [0, 0.1) is 0 Å². The number of benzene rings is 1. The maximum Gasteiger partial charge on any atom is 0.317 e. The molecule has 0 saturated heterocycles. The SMILES string of the molecule is COc1ccc(C(C)(C)CNC(=O)N(CCO)C2CC2)cc1. The van der Waals surface area contributed by atoms with E-state index in [0.29, 0.717) is 19.1 Å². The molecule has 0 bridgehead atoms. The molecule has 2 N–H and O–H groups in total. The van der Waals surface area contributed by atoms with Gasteiger partial charge in [-0.3, -0.25) is 0 Å². The summed E-state index contributed by atoms with van der Waals surface area (Å²) in [6, 6.07) is 8.13. The minimum absolute atomic E-state index is 0.00575. The van der Waals surface area contributed by atoms with Gasteiger partial charge in [-0.1, -0.05) is 26.0 Å². The lowest BCUT2D eigenvalue weighted by atomic mass is 9.84. The summed E-state index contributed by atoms with van der Waals surface area (Å²) in [5.41, 5.74) is 0.977. The third-order valence-electron chi connectivity index (χ3n) is 4.14. The van der Waals surface area contributed by atoms with Crippen molar-refractivity contribution in [2.45, 2.75) is 38.1 Å². The molecule has 2 rings (SSSR count). The molecule has 0 atom stereocenters. The molecular weight excluding hydrogens is 280 g/mol. The molecule has 1 saturated carbocycles. The van der Waals surface area contributed by atoms with Gasteiger partial charge in [0, 0.05) is 24.5 Å². The number of urea groups is 1. The van der Waals surface area contributed by atoms with E-state index >= 15 is 0 Å². The fourth-order valence-corrected chi connectivity index (χ4v) is 2.49. The normalized spacial score (nSPS) is 14.5. The molecule has 22 heavy (non-hydrogen) atoms. The summed E-state index contributed by atoms with van der Waals surface area (Å²) < 4.78 is 5.17. The molecule has 1 aromatic rings. The monoisotopic (exact) mass is 306 g/mol. The predicted octanol–water partition coefficient (Wildman–Crippen LogP) is 2.14. The van der Waals surface area contributed by atoms with E-state index in [9.17, 15) is 4.79 Å². The van der Waals surface area contributed by atoms with E-state index < -0.39 is 0 Å². The molecule has 0 radical (unpaired) electrons. The lowest BCUT2D eigenvalue weighted by Gasteiger charge is -2.28. The molecule has 1 aliphatic rings. The zero-order valence-corrected chi connectivity index (χ0v) is 13.6. The van der Waals surface area contributed by atoms with Crippen LogP contribution in [0.3, 0.4) is 0 Å². The Hall–Kier alpha value is -1.75. The van der Waals surface area contributed by atoms with Gasteiger partial charge >= 0.3 is 6.03 Å². The maximum absolute atomic E-state index is 12.3. The highest BCUT2D eigenvalue weighted by Gasteiger charge is 2.32. The van der Waals surface area contributed by atoms with Crippen molar-refractivity contribution in [2.24, 2.45) is 0 Å². The van der Waals surface area contributed by atoms with E-state index in [1.165, 1.54) is 0 Å². The first-order valence-corrected chi connectivity index (χ1v) is 7.78. The molecule has 1 aromatic carbocycles. The van der Waals surface area contributed by atoms with E-state index in [-0.39, 0.29) is 18.1 Å². The number of carbonyl (C=O) groups is 1. The van der Waals surface area contributed by atoms with Crippen LogP contribution in [0.4, 0.5) is 4.79 Å². The van der Waals surface area contributed by atoms with Crippen LogP contribution in [0.25, 0.3) is 0 Å². The third kappa shape index (κ3) is 4.13. The zero-order valence-electron chi connectivity index (χ0n) is 13.6. The molecule has 1 aliphatic carbocycles. The fraction of sp³-hybridized carbons (Fsp3) is 0.588. The number of aliphatic hydroxyl groups is 1. The number of nitrogens with one attached hydrogen (secondary N) is 1. The Kier molecular flexibility index (Phi) is 5.29. The average Bonchev–Trinajstić information content (AvgIpc) is 3.35. The summed E-state index contributed by atoms with van der Waals surface area (Å²) >= 11 is 0. The summed E-state index contributed by atoms with van der Waals surface area (Å²) in [6.07, 6.45) is 2.07. The summed E-state index contributed by atoms with van der Waals surface area (Å²) in [5, 5.41) is 12.1. The molecular formula is C17H26N2O3. The lowest BCUT2D eigenvalue weighted by Crippen LogP contribution is -2.46. The van der Waals surface area contributed by atoms with Gasteiger partial charge in [-0.15, -0.1) is 0 Å². The van der Waals surface area contributed by atoms with Crippen molar-refractivity contribution in [1.29, 1.82) is 0 Å². The van der Waals surface area contributed by atoms with Gasteiger partial charge in [0.2, 0.25) is 0 Å². The van der Waals surface area contributed by atoms with Crippen LogP contribution >= 0.6 is 0 Å². The van der Waals surface area contributed by atoms with E-state index in [1.54, 1.807) is 12.0 Å².